The van der Waals surface area contributed by atoms with E-state index in [4.69, 9.17) is 17.3 Å². The second-order valence-corrected chi connectivity index (χ2v) is 6.21. The number of aromatic nitrogens is 2. The molecule has 7 heteroatoms. The Morgan fingerprint density at radius 1 is 1.38 bits per heavy atom. The van der Waals surface area contributed by atoms with Crippen molar-refractivity contribution in [2.24, 2.45) is 0 Å². The Balaban J connectivity index is 1.85. The number of thioether (sulfide) groups is 1. The zero-order valence-corrected chi connectivity index (χ0v) is 12.6. The Bertz CT molecular complexity index is 694. The van der Waals surface area contributed by atoms with Gasteiger partial charge in [-0.15, -0.1) is 11.8 Å². The van der Waals surface area contributed by atoms with Gasteiger partial charge in [-0.25, -0.2) is 9.97 Å². The third-order valence-electron chi connectivity index (χ3n) is 3.26. The highest BCUT2D eigenvalue weighted by molar-refractivity contribution is 7.99. The van der Waals surface area contributed by atoms with Crippen molar-refractivity contribution < 1.29 is 4.79 Å². The predicted octanol–water partition coefficient (Wildman–Crippen LogP) is 2.68. The summed E-state index contributed by atoms with van der Waals surface area (Å²) in [6.07, 6.45) is 3.75. The number of halogens is 1. The van der Waals surface area contributed by atoms with Crippen LogP contribution in [0.15, 0.2) is 35.5 Å². The van der Waals surface area contributed by atoms with E-state index in [1.807, 2.05) is 18.2 Å². The molecule has 0 aliphatic carbocycles. The SMILES string of the molecule is Nc1nccnc1C(=O)N[C@@H]1CCSc2ccc(Cl)cc21. The molecule has 2 heterocycles. The first-order chi connectivity index (χ1) is 10.1. The predicted molar refractivity (Wildman–Crippen MR) is 83.4 cm³/mol. The quantitative estimate of drug-likeness (QED) is 0.889. The van der Waals surface area contributed by atoms with Crippen molar-refractivity contribution in [2.75, 3.05) is 11.5 Å². The van der Waals surface area contributed by atoms with Gasteiger partial charge in [-0.3, -0.25) is 4.79 Å². The number of nitrogen functional groups attached to an aromatic ring is 1. The van der Waals surface area contributed by atoms with Crippen molar-refractivity contribution in [1.82, 2.24) is 15.3 Å². The number of amides is 1. The van der Waals surface area contributed by atoms with Gasteiger partial charge in [0.05, 0.1) is 6.04 Å². The van der Waals surface area contributed by atoms with Crippen LogP contribution in [-0.2, 0) is 0 Å². The van der Waals surface area contributed by atoms with Gasteiger partial charge in [0.25, 0.3) is 5.91 Å². The van der Waals surface area contributed by atoms with Crippen molar-refractivity contribution in [1.29, 1.82) is 0 Å². The molecular formula is C14H13ClN4OS. The molecule has 0 saturated heterocycles. The Labute approximate surface area is 131 Å². The molecule has 0 saturated carbocycles. The van der Waals surface area contributed by atoms with Crippen molar-refractivity contribution in [3.63, 3.8) is 0 Å². The van der Waals surface area contributed by atoms with E-state index in [9.17, 15) is 4.79 Å². The fourth-order valence-corrected chi connectivity index (χ4v) is 3.55. The van der Waals surface area contributed by atoms with E-state index in [0.717, 1.165) is 22.6 Å². The molecule has 0 radical (unpaired) electrons. The molecule has 2 aromatic rings. The highest BCUT2D eigenvalue weighted by Gasteiger charge is 2.24. The number of nitrogens with two attached hydrogens (primary N) is 1. The van der Waals surface area contributed by atoms with Crippen LogP contribution in [0.1, 0.15) is 28.5 Å². The van der Waals surface area contributed by atoms with Crippen LogP contribution in [0.3, 0.4) is 0 Å². The summed E-state index contributed by atoms with van der Waals surface area (Å²) in [5.74, 6) is 0.755. The molecule has 108 valence electrons. The van der Waals surface area contributed by atoms with Crippen LogP contribution in [0.4, 0.5) is 5.82 Å². The van der Waals surface area contributed by atoms with E-state index in [2.05, 4.69) is 15.3 Å². The van der Waals surface area contributed by atoms with Crippen molar-refractivity contribution >= 4 is 35.1 Å². The molecule has 1 aliphatic heterocycles. The number of benzene rings is 1. The van der Waals surface area contributed by atoms with Crippen LogP contribution in [0.2, 0.25) is 5.02 Å². The molecule has 1 amide bonds. The summed E-state index contributed by atoms with van der Waals surface area (Å²) >= 11 is 7.82. The molecule has 1 aliphatic rings. The summed E-state index contributed by atoms with van der Waals surface area (Å²) in [6, 6.07) is 5.65. The van der Waals surface area contributed by atoms with E-state index >= 15 is 0 Å². The molecule has 1 atom stereocenters. The van der Waals surface area contributed by atoms with E-state index in [1.165, 1.54) is 12.4 Å². The minimum absolute atomic E-state index is 0.0890. The molecule has 1 aromatic carbocycles. The van der Waals surface area contributed by atoms with Gasteiger partial charge in [-0.05, 0) is 30.2 Å². The normalized spacial score (nSPS) is 17.1. The van der Waals surface area contributed by atoms with Crippen LogP contribution < -0.4 is 11.1 Å². The summed E-state index contributed by atoms with van der Waals surface area (Å²) < 4.78 is 0. The molecule has 3 rings (SSSR count). The number of hydrogen-bond donors (Lipinski definition) is 2. The van der Waals surface area contributed by atoms with Crippen molar-refractivity contribution in [3.8, 4) is 0 Å². The van der Waals surface area contributed by atoms with Crippen LogP contribution in [0.25, 0.3) is 0 Å². The summed E-state index contributed by atoms with van der Waals surface area (Å²) in [5.41, 5.74) is 6.87. The molecule has 0 bridgehead atoms. The number of nitrogens with zero attached hydrogens (tertiary/aromatic N) is 2. The van der Waals surface area contributed by atoms with E-state index in [-0.39, 0.29) is 23.5 Å². The molecule has 1 aromatic heterocycles. The second-order valence-electron chi connectivity index (χ2n) is 4.64. The van der Waals surface area contributed by atoms with E-state index in [0.29, 0.717) is 5.02 Å². The maximum atomic E-state index is 12.3. The Morgan fingerprint density at radius 2 is 2.19 bits per heavy atom. The van der Waals surface area contributed by atoms with Gasteiger partial charge in [-0.1, -0.05) is 11.6 Å². The minimum atomic E-state index is -0.316. The lowest BCUT2D eigenvalue weighted by Gasteiger charge is -2.26. The number of carbonyl (C=O) groups is 1. The molecule has 3 N–H and O–H groups in total. The summed E-state index contributed by atoms with van der Waals surface area (Å²) in [7, 11) is 0. The Kier molecular flexibility index (Phi) is 3.98. The van der Waals surface area contributed by atoms with Crippen LogP contribution >= 0.6 is 23.4 Å². The minimum Gasteiger partial charge on any atom is -0.382 e. The highest BCUT2D eigenvalue weighted by atomic mass is 35.5. The van der Waals surface area contributed by atoms with Crippen LogP contribution in [0, 0.1) is 0 Å². The van der Waals surface area contributed by atoms with Gasteiger partial charge >= 0.3 is 0 Å². The van der Waals surface area contributed by atoms with Gasteiger partial charge in [0, 0.05) is 28.1 Å². The third kappa shape index (κ3) is 2.96. The lowest BCUT2D eigenvalue weighted by molar-refractivity contribution is 0.0930. The van der Waals surface area contributed by atoms with Gasteiger partial charge in [-0.2, -0.15) is 0 Å². The largest absolute Gasteiger partial charge is 0.382 e. The fraction of sp³-hybridized carbons (Fsp3) is 0.214. The lowest BCUT2D eigenvalue weighted by Crippen LogP contribution is -2.32. The van der Waals surface area contributed by atoms with E-state index in [1.54, 1.807) is 11.8 Å². The standard InChI is InChI=1S/C14H13ClN4OS/c15-8-1-2-11-9(7-8)10(3-6-21-11)19-14(20)12-13(16)18-5-4-17-12/h1-2,4-5,7,10H,3,6H2,(H2,16,18)(H,19,20)/t10-/m1/s1. The number of hydrogen-bond acceptors (Lipinski definition) is 5. The van der Waals surface area contributed by atoms with E-state index < -0.39 is 0 Å². The maximum Gasteiger partial charge on any atom is 0.274 e. The first-order valence-electron chi connectivity index (χ1n) is 6.45. The molecule has 0 spiro atoms. The molecule has 0 fully saturated rings. The monoisotopic (exact) mass is 320 g/mol. The van der Waals surface area contributed by atoms with Crippen molar-refractivity contribution in [2.45, 2.75) is 17.4 Å². The number of fused-ring (bicyclic) bond motifs is 1. The molecular weight excluding hydrogens is 308 g/mol. The highest BCUT2D eigenvalue weighted by Crippen LogP contribution is 2.37. The van der Waals surface area contributed by atoms with Crippen molar-refractivity contribution in [3.05, 3.63) is 46.9 Å². The van der Waals surface area contributed by atoms with Crippen LogP contribution in [0.5, 0.6) is 0 Å². The number of nitrogens with one attached hydrogen (secondary N) is 1. The van der Waals surface area contributed by atoms with Gasteiger partial charge in [0.2, 0.25) is 0 Å². The van der Waals surface area contributed by atoms with Gasteiger partial charge < -0.3 is 11.1 Å². The first kappa shape index (κ1) is 14.2. The maximum absolute atomic E-state index is 12.3. The Hall–Kier alpha value is -1.79. The number of rotatable bonds is 2. The summed E-state index contributed by atoms with van der Waals surface area (Å²) in [4.78, 5) is 21.3. The first-order valence-corrected chi connectivity index (χ1v) is 7.81. The average molecular weight is 321 g/mol. The van der Waals surface area contributed by atoms with Crippen LogP contribution in [-0.4, -0.2) is 21.6 Å². The molecule has 5 nitrogen and oxygen atoms in total. The zero-order chi connectivity index (χ0) is 14.8. The van der Waals surface area contributed by atoms with Gasteiger partial charge in [0.1, 0.15) is 0 Å². The summed E-state index contributed by atoms with van der Waals surface area (Å²) in [6.45, 7) is 0. The average Bonchev–Trinajstić information content (AvgIpc) is 2.48. The fourth-order valence-electron chi connectivity index (χ4n) is 2.27. The second kappa shape index (κ2) is 5.91. The lowest BCUT2D eigenvalue weighted by atomic mass is 10.0. The van der Waals surface area contributed by atoms with Gasteiger partial charge in [0.15, 0.2) is 11.5 Å². The third-order valence-corrected chi connectivity index (χ3v) is 4.62. The summed E-state index contributed by atoms with van der Waals surface area (Å²) in [5, 5.41) is 3.63. The molecule has 0 unspecified atom stereocenters. The zero-order valence-electron chi connectivity index (χ0n) is 11.0. The number of carbonyl (C=O) groups excluding carboxylic acids is 1. The molecule has 21 heavy (non-hydrogen) atoms. The smallest absolute Gasteiger partial charge is 0.274 e. The Morgan fingerprint density at radius 3 is 3.00 bits per heavy atom. The number of anilines is 1. The topological polar surface area (TPSA) is 80.9 Å².